The lowest BCUT2D eigenvalue weighted by Crippen LogP contribution is -2.37. The van der Waals surface area contributed by atoms with Gasteiger partial charge in [-0.25, -0.2) is 4.39 Å². The molecule has 5 nitrogen and oxygen atoms in total. The van der Waals surface area contributed by atoms with Crippen LogP contribution in [0.1, 0.15) is 32.6 Å². The van der Waals surface area contributed by atoms with Crippen molar-refractivity contribution < 1.29 is 13.7 Å². The molecule has 116 valence electrons. The molecule has 0 aliphatic carbocycles. The van der Waals surface area contributed by atoms with E-state index in [1.165, 1.54) is 6.42 Å². The highest BCUT2D eigenvalue weighted by Gasteiger charge is 2.21. The molecule has 0 spiro atoms. The number of hydrogen-bond acceptors (Lipinski definition) is 4. The molecular weight excluding hydrogens is 280 g/mol. The molecule has 0 saturated carbocycles. The maximum Gasteiger partial charge on any atom is 0.307 e. The summed E-state index contributed by atoms with van der Waals surface area (Å²) in [6, 6.07) is 1.75. The highest BCUT2D eigenvalue weighted by molar-refractivity contribution is 5.53. The number of nitrogens with zero attached hydrogens (tertiary/aromatic N) is 1. The average Bonchev–Trinajstić information content (AvgIpc) is 2.42. The zero-order chi connectivity index (χ0) is 15.4. The van der Waals surface area contributed by atoms with Crippen LogP contribution < -0.4 is 10.6 Å². The monoisotopic (exact) mass is 299 g/mol. The molecule has 7 heteroatoms. The molecule has 1 saturated heterocycles. The number of nitro groups is 1. The van der Waals surface area contributed by atoms with Crippen LogP contribution in [0.25, 0.3) is 0 Å². The second-order valence-corrected chi connectivity index (χ2v) is 5.47. The molecular formula is C14H19F2N3O2. The molecule has 0 bridgehead atoms. The summed E-state index contributed by atoms with van der Waals surface area (Å²) in [7, 11) is 0. The summed E-state index contributed by atoms with van der Waals surface area (Å²) in [4.78, 5) is 9.84. The number of halogens is 2. The highest BCUT2D eigenvalue weighted by Crippen LogP contribution is 2.26. The third-order valence-electron chi connectivity index (χ3n) is 3.69. The Morgan fingerprint density at radius 2 is 2.19 bits per heavy atom. The number of piperidine rings is 1. The minimum absolute atomic E-state index is 0.0357. The van der Waals surface area contributed by atoms with Gasteiger partial charge in [0.1, 0.15) is 5.82 Å². The smallest absolute Gasteiger partial charge is 0.307 e. The molecule has 1 fully saturated rings. The summed E-state index contributed by atoms with van der Waals surface area (Å²) < 4.78 is 27.0. The second kappa shape index (κ2) is 6.80. The van der Waals surface area contributed by atoms with Crippen molar-refractivity contribution in [2.45, 2.75) is 44.7 Å². The summed E-state index contributed by atoms with van der Waals surface area (Å²) in [5, 5.41) is 17.0. The lowest BCUT2D eigenvalue weighted by atomic mass is 9.98. The van der Waals surface area contributed by atoms with Gasteiger partial charge >= 0.3 is 5.69 Å². The van der Waals surface area contributed by atoms with Crippen molar-refractivity contribution in [2.24, 2.45) is 0 Å². The summed E-state index contributed by atoms with van der Waals surface area (Å²) >= 11 is 0. The first-order valence-corrected chi connectivity index (χ1v) is 7.10. The van der Waals surface area contributed by atoms with Gasteiger partial charge in [-0.05, 0) is 32.7 Å². The maximum absolute atomic E-state index is 13.7. The fourth-order valence-corrected chi connectivity index (χ4v) is 2.66. The Kier molecular flexibility index (Phi) is 5.06. The van der Waals surface area contributed by atoms with E-state index in [1.54, 1.807) is 0 Å². The predicted molar refractivity (Wildman–Crippen MR) is 76.4 cm³/mol. The van der Waals surface area contributed by atoms with Crippen LogP contribution in [0.3, 0.4) is 0 Å². The van der Waals surface area contributed by atoms with Gasteiger partial charge in [-0.2, -0.15) is 4.39 Å². The normalized spacial score (nSPS) is 20.0. The van der Waals surface area contributed by atoms with Gasteiger partial charge in [0.25, 0.3) is 0 Å². The van der Waals surface area contributed by atoms with Gasteiger partial charge in [-0.15, -0.1) is 0 Å². The van der Waals surface area contributed by atoms with Crippen molar-refractivity contribution in [1.82, 2.24) is 5.32 Å². The zero-order valence-electron chi connectivity index (χ0n) is 11.9. The van der Waals surface area contributed by atoms with Gasteiger partial charge in [0.15, 0.2) is 0 Å². The predicted octanol–water partition coefficient (Wildman–Crippen LogP) is 3.21. The molecule has 21 heavy (non-hydrogen) atoms. The third-order valence-corrected chi connectivity index (χ3v) is 3.69. The Hall–Kier alpha value is -1.76. The molecule has 2 rings (SSSR count). The average molecular weight is 299 g/mol. The van der Waals surface area contributed by atoms with Gasteiger partial charge in [0.05, 0.1) is 10.6 Å². The molecule has 0 radical (unpaired) electrons. The Morgan fingerprint density at radius 1 is 1.43 bits per heavy atom. The number of rotatable bonds is 5. The van der Waals surface area contributed by atoms with E-state index in [0.29, 0.717) is 12.1 Å². The number of anilines is 1. The van der Waals surface area contributed by atoms with E-state index >= 15 is 0 Å². The highest BCUT2D eigenvalue weighted by atomic mass is 19.1. The molecule has 1 aliphatic heterocycles. The van der Waals surface area contributed by atoms with Crippen LogP contribution in [0.5, 0.6) is 0 Å². The van der Waals surface area contributed by atoms with Crippen molar-refractivity contribution >= 4 is 11.4 Å². The fourth-order valence-electron chi connectivity index (χ4n) is 2.66. The van der Waals surface area contributed by atoms with Crippen molar-refractivity contribution in [3.8, 4) is 0 Å². The molecule has 1 aliphatic rings. The molecule has 1 heterocycles. The van der Waals surface area contributed by atoms with E-state index in [1.807, 2.05) is 6.92 Å². The van der Waals surface area contributed by atoms with Crippen molar-refractivity contribution in [2.75, 3.05) is 11.9 Å². The largest absolute Gasteiger partial charge is 0.380 e. The lowest BCUT2D eigenvalue weighted by molar-refractivity contribution is -0.387. The third kappa shape index (κ3) is 4.10. The summed E-state index contributed by atoms with van der Waals surface area (Å²) in [6.45, 7) is 2.86. The van der Waals surface area contributed by atoms with E-state index in [4.69, 9.17) is 0 Å². The van der Waals surface area contributed by atoms with Crippen LogP contribution in [0.2, 0.25) is 0 Å². The number of nitro benzene ring substituents is 1. The fraction of sp³-hybridized carbons (Fsp3) is 0.571. The minimum atomic E-state index is -1.16. The van der Waals surface area contributed by atoms with Crippen LogP contribution in [0, 0.1) is 21.7 Å². The zero-order valence-corrected chi connectivity index (χ0v) is 11.9. The molecule has 2 atom stereocenters. The Bertz CT molecular complexity index is 519. The Morgan fingerprint density at radius 3 is 2.81 bits per heavy atom. The van der Waals surface area contributed by atoms with Crippen molar-refractivity contribution in [3.05, 3.63) is 33.9 Å². The molecule has 1 aromatic rings. The standard InChI is InChI=1S/C14H19F2N3O2/c1-9(6-10-4-2-3-5-17-10)18-13-8-14(19(20)21)12(16)7-11(13)15/h7-10,17-18H,2-6H2,1H3. The van der Waals surface area contributed by atoms with E-state index in [-0.39, 0.29) is 11.7 Å². The molecule has 0 aromatic heterocycles. The number of benzene rings is 1. The van der Waals surface area contributed by atoms with Crippen LogP contribution in [0.4, 0.5) is 20.2 Å². The first kappa shape index (κ1) is 15.6. The minimum Gasteiger partial charge on any atom is -0.380 e. The van der Waals surface area contributed by atoms with E-state index < -0.39 is 22.2 Å². The van der Waals surface area contributed by atoms with Crippen LogP contribution >= 0.6 is 0 Å². The topological polar surface area (TPSA) is 67.2 Å². The maximum atomic E-state index is 13.7. The summed E-state index contributed by atoms with van der Waals surface area (Å²) in [5.41, 5.74) is -0.756. The Balaban J connectivity index is 2.04. The van der Waals surface area contributed by atoms with Crippen molar-refractivity contribution in [1.29, 1.82) is 0 Å². The first-order valence-electron chi connectivity index (χ1n) is 7.10. The van der Waals surface area contributed by atoms with Crippen LogP contribution in [0.15, 0.2) is 12.1 Å². The van der Waals surface area contributed by atoms with Gasteiger partial charge in [-0.1, -0.05) is 6.42 Å². The molecule has 0 amide bonds. The van der Waals surface area contributed by atoms with Crippen molar-refractivity contribution in [3.63, 3.8) is 0 Å². The molecule has 2 N–H and O–H groups in total. The molecule has 2 unspecified atom stereocenters. The van der Waals surface area contributed by atoms with Gasteiger partial charge < -0.3 is 10.6 Å². The quantitative estimate of drug-likeness (QED) is 0.647. The van der Waals surface area contributed by atoms with E-state index in [9.17, 15) is 18.9 Å². The lowest BCUT2D eigenvalue weighted by Gasteiger charge is -2.27. The number of hydrogen-bond donors (Lipinski definition) is 2. The van der Waals surface area contributed by atoms with Gasteiger partial charge in [0.2, 0.25) is 5.82 Å². The molecule has 1 aromatic carbocycles. The number of nitrogens with one attached hydrogen (secondary N) is 2. The van der Waals surface area contributed by atoms with Gasteiger partial charge in [0, 0.05) is 24.2 Å². The SMILES string of the molecule is CC(CC1CCCCN1)Nc1cc([N+](=O)[O-])c(F)cc1F. The van der Waals surface area contributed by atoms with Crippen LogP contribution in [-0.2, 0) is 0 Å². The summed E-state index contributed by atoms with van der Waals surface area (Å²) in [5.74, 6) is -1.98. The van der Waals surface area contributed by atoms with Crippen LogP contribution in [-0.4, -0.2) is 23.6 Å². The summed E-state index contributed by atoms with van der Waals surface area (Å²) in [6.07, 6.45) is 4.18. The van der Waals surface area contributed by atoms with Gasteiger partial charge in [-0.3, -0.25) is 10.1 Å². The van der Waals surface area contributed by atoms with E-state index in [2.05, 4.69) is 10.6 Å². The Labute approximate surface area is 121 Å². The first-order chi connectivity index (χ1) is 9.97. The second-order valence-electron chi connectivity index (χ2n) is 5.47. The van der Waals surface area contributed by atoms with E-state index in [0.717, 1.165) is 31.9 Å².